The van der Waals surface area contributed by atoms with Crippen molar-refractivity contribution in [2.24, 2.45) is 0 Å². The van der Waals surface area contributed by atoms with Gasteiger partial charge >= 0.3 is 0 Å². The number of carbonyl (C=O) groups is 2. The number of halogens is 2. The molecule has 3 aromatic rings. The molecular formula is C23H19BrFN3O3. The number of likely N-dealkylation sites (tertiary alicyclic amines) is 1. The molecule has 0 radical (unpaired) electrons. The van der Waals surface area contributed by atoms with Gasteiger partial charge in [-0.15, -0.1) is 0 Å². The average Bonchev–Trinajstić information content (AvgIpc) is 3.36. The fourth-order valence-corrected chi connectivity index (χ4v) is 4.00. The van der Waals surface area contributed by atoms with E-state index >= 15 is 0 Å². The first-order valence-electron chi connectivity index (χ1n) is 9.72. The zero-order valence-electron chi connectivity index (χ0n) is 16.4. The highest BCUT2D eigenvalue weighted by Crippen LogP contribution is 2.40. The van der Waals surface area contributed by atoms with Crippen LogP contribution in [0.5, 0.6) is 0 Å². The van der Waals surface area contributed by atoms with E-state index in [1.54, 1.807) is 55.1 Å². The molecule has 31 heavy (non-hydrogen) atoms. The van der Waals surface area contributed by atoms with Crippen molar-refractivity contribution < 1.29 is 19.1 Å². The average molecular weight is 484 g/mol. The lowest BCUT2D eigenvalue weighted by molar-refractivity contribution is -0.140. The molecule has 6 nitrogen and oxygen atoms in total. The van der Waals surface area contributed by atoms with Gasteiger partial charge in [0.05, 0.1) is 17.9 Å². The maximum Gasteiger partial charge on any atom is 0.295 e. The fourth-order valence-electron chi connectivity index (χ4n) is 3.74. The van der Waals surface area contributed by atoms with Crippen LogP contribution in [-0.4, -0.2) is 37.8 Å². The van der Waals surface area contributed by atoms with Crippen LogP contribution in [0.1, 0.15) is 23.6 Å². The molecule has 2 aromatic carbocycles. The normalized spacial score (nSPS) is 18.0. The largest absolute Gasteiger partial charge is 0.507 e. The zero-order valence-corrected chi connectivity index (χ0v) is 18.0. The smallest absolute Gasteiger partial charge is 0.295 e. The zero-order chi connectivity index (χ0) is 22.0. The van der Waals surface area contributed by atoms with Crippen LogP contribution >= 0.6 is 15.9 Å². The summed E-state index contributed by atoms with van der Waals surface area (Å²) < 4.78 is 17.4. The van der Waals surface area contributed by atoms with Crippen molar-refractivity contribution >= 4 is 33.4 Å². The summed E-state index contributed by atoms with van der Waals surface area (Å²) in [4.78, 5) is 31.1. The van der Waals surface area contributed by atoms with E-state index in [9.17, 15) is 19.1 Å². The molecule has 0 spiro atoms. The number of hydrogen-bond donors (Lipinski definition) is 1. The monoisotopic (exact) mass is 483 g/mol. The molecule has 1 N–H and O–H groups in total. The van der Waals surface area contributed by atoms with Crippen LogP contribution in [-0.2, 0) is 16.1 Å². The second-order valence-corrected chi connectivity index (χ2v) is 8.09. The molecule has 1 aromatic heterocycles. The summed E-state index contributed by atoms with van der Waals surface area (Å²) in [6.45, 7) is 0.804. The minimum absolute atomic E-state index is 0.111. The number of rotatable bonds is 6. The van der Waals surface area contributed by atoms with Gasteiger partial charge < -0.3 is 14.6 Å². The van der Waals surface area contributed by atoms with Crippen molar-refractivity contribution in [3.05, 3.63) is 94.2 Å². The number of aromatic nitrogens is 2. The Balaban J connectivity index is 1.75. The molecule has 0 aliphatic carbocycles. The molecule has 0 saturated carbocycles. The molecule has 1 fully saturated rings. The number of ketones is 1. The maximum absolute atomic E-state index is 14.7. The van der Waals surface area contributed by atoms with Crippen molar-refractivity contribution in [1.82, 2.24) is 14.5 Å². The second-order valence-electron chi connectivity index (χ2n) is 7.17. The van der Waals surface area contributed by atoms with Crippen LogP contribution in [0.2, 0.25) is 0 Å². The molecule has 4 rings (SSSR count). The Kier molecular flexibility index (Phi) is 5.99. The number of Topliss-reactive ketones (excluding diaryl/α,β-unsaturated/α-hetero) is 1. The molecule has 1 saturated heterocycles. The Hall–Kier alpha value is -3.26. The minimum Gasteiger partial charge on any atom is -0.507 e. The van der Waals surface area contributed by atoms with E-state index in [4.69, 9.17) is 0 Å². The SMILES string of the molecule is O=C1C(=O)N(CCCn2ccnc2)[C@H](c2ccccc2F)C1=C(O)c1ccc(Br)cc1. The summed E-state index contributed by atoms with van der Waals surface area (Å²) in [7, 11) is 0. The molecule has 0 unspecified atom stereocenters. The summed E-state index contributed by atoms with van der Waals surface area (Å²) in [6.07, 6.45) is 5.66. The number of benzene rings is 2. The Morgan fingerprint density at radius 1 is 1.10 bits per heavy atom. The number of aryl methyl sites for hydroxylation is 1. The number of carbonyl (C=O) groups excluding carboxylic acids is 2. The third kappa shape index (κ3) is 4.16. The number of amides is 1. The van der Waals surface area contributed by atoms with E-state index in [1.165, 1.54) is 17.0 Å². The highest BCUT2D eigenvalue weighted by molar-refractivity contribution is 9.10. The van der Waals surface area contributed by atoms with Gasteiger partial charge in [0.2, 0.25) is 0 Å². The van der Waals surface area contributed by atoms with E-state index in [0.29, 0.717) is 18.5 Å². The van der Waals surface area contributed by atoms with Gasteiger partial charge in [0.15, 0.2) is 0 Å². The topological polar surface area (TPSA) is 75.4 Å². The molecule has 8 heteroatoms. The first-order valence-corrected chi connectivity index (χ1v) is 10.5. The Morgan fingerprint density at radius 2 is 1.84 bits per heavy atom. The van der Waals surface area contributed by atoms with Gasteiger partial charge in [0.1, 0.15) is 11.6 Å². The predicted octanol–water partition coefficient (Wildman–Crippen LogP) is 4.30. The molecule has 158 valence electrons. The van der Waals surface area contributed by atoms with Crippen molar-refractivity contribution in [2.75, 3.05) is 6.54 Å². The first-order chi connectivity index (χ1) is 15.0. The van der Waals surface area contributed by atoms with Crippen LogP contribution < -0.4 is 0 Å². The lowest BCUT2D eigenvalue weighted by atomic mass is 9.95. The molecule has 2 heterocycles. The number of hydrogen-bond acceptors (Lipinski definition) is 4. The Bertz CT molecular complexity index is 1140. The fraction of sp³-hybridized carbons (Fsp3) is 0.174. The van der Waals surface area contributed by atoms with Crippen molar-refractivity contribution in [3.8, 4) is 0 Å². The second kappa shape index (κ2) is 8.85. The van der Waals surface area contributed by atoms with Crippen LogP contribution in [0.3, 0.4) is 0 Å². The van der Waals surface area contributed by atoms with E-state index in [-0.39, 0.29) is 23.4 Å². The minimum atomic E-state index is -1.01. The number of imidazole rings is 1. The van der Waals surface area contributed by atoms with Crippen LogP contribution in [0.25, 0.3) is 5.76 Å². The highest BCUT2D eigenvalue weighted by Gasteiger charge is 2.46. The summed E-state index contributed by atoms with van der Waals surface area (Å²) in [6, 6.07) is 11.7. The van der Waals surface area contributed by atoms with Gasteiger partial charge in [0.25, 0.3) is 11.7 Å². The van der Waals surface area contributed by atoms with Crippen molar-refractivity contribution in [2.45, 2.75) is 19.0 Å². The van der Waals surface area contributed by atoms with E-state index < -0.39 is 23.5 Å². The molecular weight excluding hydrogens is 465 g/mol. The quantitative estimate of drug-likeness (QED) is 0.322. The molecule has 0 bridgehead atoms. The standard InChI is InChI=1S/C23H19BrFN3O3/c24-16-8-6-15(7-9-16)21(29)19-20(17-4-1-2-5-18(17)25)28(23(31)22(19)30)12-3-11-27-13-10-26-14-27/h1-2,4-10,13-14,20,29H,3,11-12H2/t20-/m1/s1. The number of aliphatic hydroxyl groups is 1. The lowest BCUT2D eigenvalue weighted by Gasteiger charge is -2.25. The van der Waals surface area contributed by atoms with Crippen molar-refractivity contribution in [1.29, 1.82) is 0 Å². The summed E-state index contributed by atoms with van der Waals surface area (Å²) in [5, 5.41) is 10.9. The number of nitrogens with zero attached hydrogens (tertiary/aromatic N) is 3. The molecule has 1 atom stereocenters. The summed E-state index contributed by atoms with van der Waals surface area (Å²) in [5.74, 6) is -2.44. The van der Waals surface area contributed by atoms with E-state index in [1.807, 2.05) is 4.57 Å². The molecule has 1 amide bonds. The van der Waals surface area contributed by atoms with Gasteiger partial charge in [-0.25, -0.2) is 9.37 Å². The lowest BCUT2D eigenvalue weighted by Crippen LogP contribution is -2.31. The van der Waals surface area contributed by atoms with Crippen LogP contribution in [0.15, 0.2) is 77.3 Å². The van der Waals surface area contributed by atoms with Gasteiger partial charge in [0, 0.05) is 41.1 Å². The van der Waals surface area contributed by atoms with Gasteiger partial charge in [-0.3, -0.25) is 9.59 Å². The molecule has 1 aliphatic heterocycles. The highest BCUT2D eigenvalue weighted by atomic mass is 79.9. The van der Waals surface area contributed by atoms with Crippen LogP contribution in [0, 0.1) is 5.82 Å². The van der Waals surface area contributed by atoms with Gasteiger partial charge in [-0.1, -0.05) is 46.3 Å². The molecule has 1 aliphatic rings. The summed E-state index contributed by atoms with van der Waals surface area (Å²) >= 11 is 3.33. The van der Waals surface area contributed by atoms with Crippen molar-refractivity contribution in [3.63, 3.8) is 0 Å². The third-order valence-corrected chi connectivity index (χ3v) is 5.76. The third-order valence-electron chi connectivity index (χ3n) is 5.23. The van der Waals surface area contributed by atoms with Crippen LogP contribution in [0.4, 0.5) is 4.39 Å². The predicted molar refractivity (Wildman–Crippen MR) is 116 cm³/mol. The first kappa shape index (κ1) is 21.0. The maximum atomic E-state index is 14.7. The number of aliphatic hydroxyl groups excluding tert-OH is 1. The Labute approximate surface area is 186 Å². The summed E-state index contributed by atoms with van der Waals surface area (Å²) in [5.41, 5.74) is 0.434. The van der Waals surface area contributed by atoms with Gasteiger partial charge in [-0.2, -0.15) is 0 Å². The van der Waals surface area contributed by atoms with Gasteiger partial charge in [-0.05, 0) is 24.6 Å². The van der Waals surface area contributed by atoms with E-state index in [0.717, 1.165) is 4.47 Å². The Morgan fingerprint density at radius 3 is 2.52 bits per heavy atom. The van der Waals surface area contributed by atoms with E-state index in [2.05, 4.69) is 20.9 Å².